The first-order valence-corrected chi connectivity index (χ1v) is 6.04. The molecule has 18 heavy (non-hydrogen) atoms. The summed E-state index contributed by atoms with van der Waals surface area (Å²) >= 11 is 4.99. The molecule has 0 aliphatic rings. The molecule has 0 fully saturated rings. The third-order valence-electron chi connectivity index (χ3n) is 2.30. The number of nitrogens with two attached hydrogens (primary N) is 1. The molecule has 1 rings (SSSR count). The highest BCUT2D eigenvalue weighted by Gasteiger charge is 2.12. The molecule has 0 saturated heterocycles. The zero-order valence-corrected chi connectivity index (χ0v) is 11.6. The van der Waals surface area contributed by atoms with Crippen molar-refractivity contribution in [1.29, 1.82) is 0 Å². The first-order chi connectivity index (χ1) is 8.45. The number of hydrogen-bond donors (Lipinski definition) is 2. The summed E-state index contributed by atoms with van der Waals surface area (Å²) in [5.41, 5.74) is 8.10. The molecule has 3 N–H and O–H groups in total. The Morgan fingerprint density at radius 1 is 1.56 bits per heavy atom. The molecule has 0 bridgehead atoms. The van der Waals surface area contributed by atoms with Crippen molar-refractivity contribution in [3.63, 3.8) is 0 Å². The molecule has 0 aliphatic heterocycles. The van der Waals surface area contributed by atoms with Gasteiger partial charge in [0.2, 0.25) is 0 Å². The van der Waals surface area contributed by atoms with Crippen molar-refractivity contribution in [2.24, 2.45) is 5.73 Å². The number of aromatic nitrogens is 1. The highest BCUT2D eigenvalue weighted by Crippen LogP contribution is 2.18. The quantitative estimate of drug-likeness (QED) is 0.618. The van der Waals surface area contributed by atoms with Crippen molar-refractivity contribution in [2.45, 2.75) is 20.8 Å². The van der Waals surface area contributed by atoms with Gasteiger partial charge in [0.25, 0.3) is 0 Å². The van der Waals surface area contributed by atoms with Gasteiger partial charge in [-0.15, -0.1) is 0 Å². The second kappa shape index (κ2) is 6.30. The number of carbonyl (C=O) groups excluding carboxylic acids is 1. The lowest BCUT2D eigenvalue weighted by Gasteiger charge is -2.13. The Bertz CT molecular complexity index is 475. The van der Waals surface area contributed by atoms with E-state index in [4.69, 9.17) is 22.7 Å². The summed E-state index contributed by atoms with van der Waals surface area (Å²) in [6.45, 7) is 5.92. The van der Waals surface area contributed by atoms with Gasteiger partial charge in [-0.1, -0.05) is 12.2 Å². The van der Waals surface area contributed by atoms with Gasteiger partial charge in [-0.2, -0.15) is 0 Å². The number of nitrogens with one attached hydrogen (secondary N) is 1. The number of carbonyl (C=O) groups is 1. The van der Waals surface area contributed by atoms with Gasteiger partial charge in [-0.3, -0.25) is 4.79 Å². The predicted octanol–water partition coefficient (Wildman–Crippen LogP) is 1.31. The van der Waals surface area contributed by atoms with E-state index in [0.29, 0.717) is 18.0 Å². The van der Waals surface area contributed by atoms with Gasteiger partial charge in [-0.25, -0.2) is 4.98 Å². The van der Waals surface area contributed by atoms with E-state index in [1.807, 2.05) is 19.9 Å². The molecule has 0 saturated carbocycles. The fourth-order valence-electron chi connectivity index (χ4n) is 1.64. The lowest BCUT2D eigenvalue weighted by atomic mass is 10.1. The van der Waals surface area contributed by atoms with E-state index in [0.717, 1.165) is 11.3 Å². The maximum Gasteiger partial charge on any atom is 0.325 e. The van der Waals surface area contributed by atoms with Crippen LogP contribution in [0.1, 0.15) is 23.7 Å². The molecule has 0 radical (unpaired) electrons. The van der Waals surface area contributed by atoms with Crippen molar-refractivity contribution in [3.8, 4) is 0 Å². The average molecular weight is 267 g/mol. The van der Waals surface area contributed by atoms with Crippen molar-refractivity contribution < 1.29 is 9.53 Å². The molecule has 1 aromatic rings. The number of pyridine rings is 1. The third-order valence-corrected chi connectivity index (χ3v) is 2.50. The summed E-state index contributed by atoms with van der Waals surface area (Å²) in [4.78, 5) is 15.8. The molecule has 1 aromatic heterocycles. The minimum atomic E-state index is -0.340. The van der Waals surface area contributed by atoms with E-state index in [9.17, 15) is 4.79 Å². The van der Waals surface area contributed by atoms with Crippen molar-refractivity contribution in [1.82, 2.24) is 4.98 Å². The van der Waals surface area contributed by atoms with E-state index >= 15 is 0 Å². The molecule has 0 aromatic carbocycles. The third kappa shape index (κ3) is 3.66. The van der Waals surface area contributed by atoms with Gasteiger partial charge in [-0.05, 0) is 32.4 Å². The summed E-state index contributed by atoms with van der Waals surface area (Å²) in [5.74, 6) is 0.181. The van der Waals surface area contributed by atoms with Gasteiger partial charge in [0.1, 0.15) is 17.4 Å². The van der Waals surface area contributed by atoms with Gasteiger partial charge in [0.15, 0.2) is 0 Å². The molecule has 1 heterocycles. The molecule has 0 spiro atoms. The van der Waals surface area contributed by atoms with Crippen LogP contribution in [-0.4, -0.2) is 29.1 Å². The molecule has 0 aliphatic carbocycles. The Kier molecular flexibility index (Phi) is 5.03. The van der Waals surface area contributed by atoms with Crippen LogP contribution in [-0.2, 0) is 9.53 Å². The zero-order valence-electron chi connectivity index (χ0n) is 10.7. The second-order valence-electron chi connectivity index (χ2n) is 3.83. The second-order valence-corrected chi connectivity index (χ2v) is 4.27. The van der Waals surface area contributed by atoms with Crippen LogP contribution >= 0.6 is 12.2 Å². The predicted molar refractivity (Wildman–Crippen MR) is 74.7 cm³/mol. The molecule has 98 valence electrons. The van der Waals surface area contributed by atoms with Crippen molar-refractivity contribution >= 4 is 29.0 Å². The fourth-order valence-corrected chi connectivity index (χ4v) is 1.90. The first kappa shape index (κ1) is 14.4. The largest absolute Gasteiger partial charge is 0.465 e. The van der Waals surface area contributed by atoms with Crippen molar-refractivity contribution in [3.05, 3.63) is 22.9 Å². The lowest BCUT2D eigenvalue weighted by Crippen LogP contribution is -2.21. The van der Waals surface area contributed by atoms with Crippen LogP contribution in [0.4, 0.5) is 5.82 Å². The fraction of sp³-hybridized carbons (Fsp3) is 0.417. The van der Waals surface area contributed by atoms with Gasteiger partial charge in [0.05, 0.1) is 12.2 Å². The number of esters is 1. The molecule has 6 heteroatoms. The summed E-state index contributed by atoms with van der Waals surface area (Å²) in [7, 11) is 0. The normalized spacial score (nSPS) is 9.94. The molecule has 0 atom stereocenters. The van der Waals surface area contributed by atoms with E-state index < -0.39 is 0 Å². The van der Waals surface area contributed by atoms with E-state index in [1.165, 1.54) is 0 Å². The number of anilines is 1. The number of hydrogen-bond acceptors (Lipinski definition) is 5. The highest BCUT2D eigenvalue weighted by atomic mass is 32.1. The number of rotatable bonds is 5. The zero-order chi connectivity index (χ0) is 13.7. The molecule has 0 amide bonds. The van der Waals surface area contributed by atoms with Crippen LogP contribution in [0, 0.1) is 13.8 Å². The summed E-state index contributed by atoms with van der Waals surface area (Å²) < 4.78 is 4.83. The summed E-state index contributed by atoms with van der Waals surface area (Å²) in [6, 6.07) is 1.89. The van der Waals surface area contributed by atoms with Gasteiger partial charge in [0, 0.05) is 5.69 Å². The Hall–Kier alpha value is -1.69. The standard InChI is InChI=1S/C12H17N3O2S/c1-4-17-9(16)6-14-12-10(11(13)18)7(2)5-8(3)15-12/h5H,4,6H2,1-3H3,(H2,13,18)(H,14,15). The molecular formula is C12H17N3O2S. The number of nitrogens with zero attached hydrogens (tertiary/aromatic N) is 1. The SMILES string of the molecule is CCOC(=O)CNc1nc(C)cc(C)c1C(N)=S. The maximum absolute atomic E-state index is 11.3. The Morgan fingerprint density at radius 2 is 2.22 bits per heavy atom. The topological polar surface area (TPSA) is 77.2 Å². The minimum Gasteiger partial charge on any atom is -0.465 e. The van der Waals surface area contributed by atoms with Crippen LogP contribution < -0.4 is 11.1 Å². The van der Waals surface area contributed by atoms with Crippen molar-refractivity contribution in [2.75, 3.05) is 18.5 Å². The summed E-state index contributed by atoms with van der Waals surface area (Å²) in [6.07, 6.45) is 0. The van der Waals surface area contributed by atoms with E-state index in [-0.39, 0.29) is 17.5 Å². The maximum atomic E-state index is 11.3. The lowest BCUT2D eigenvalue weighted by molar-refractivity contribution is -0.140. The Labute approximate surface area is 112 Å². The smallest absolute Gasteiger partial charge is 0.325 e. The number of thiocarbonyl (C=S) groups is 1. The monoisotopic (exact) mass is 267 g/mol. The van der Waals surface area contributed by atoms with Crippen LogP contribution in [0.2, 0.25) is 0 Å². The molecule has 0 unspecified atom stereocenters. The van der Waals surface area contributed by atoms with Crippen LogP contribution in [0.5, 0.6) is 0 Å². The van der Waals surface area contributed by atoms with E-state index in [2.05, 4.69) is 10.3 Å². The molecular weight excluding hydrogens is 250 g/mol. The minimum absolute atomic E-state index is 0.0410. The first-order valence-electron chi connectivity index (χ1n) is 5.63. The van der Waals surface area contributed by atoms with Crippen LogP contribution in [0.15, 0.2) is 6.07 Å². The number of ether oxygens (including phenoxy) is 1. The van der Waals surface area contributed by atoms with E-state index in [1.54, 1.807) is 6.92 Å². The van der Waals surface area contributed by atoms with Crippen LogP contribution in [0.3, 0.4) is 0 Å². The van der Waals surface area contributed by atoms with Gasteiger partial charge < -0.3 is 15.8 Å². The van der Waals surface area contributed by atoms with Crippen LogP contribution in [0.25, 0.3) is 0 Å². The Balaban J connectivity index is 2.93. The Morgan fingerprint density at radius 3 is 2.78 bits per heavy atom. The van der Waals surface area contributed by atoms with Gasteiger partial charge >= 0.3 is 5.97 Å². The highest BCUT2D eigenvalue weighted by molar-refractivity contribution is 7.80. The molecule has 5 nitrogen and oxygen atoms in total. The number of aryl methyl sites for hydroxylation is 2. The summed E-state index contributed by atoms with van der Waals surface area (Å²) in [5, 5.41) is 2.91. The average Bonchev–Trinajstić information content (AvgIpc) is 2.25.